The first kappa shape index (κ1) is 10.7. The van der Waals surface area contributed by atoms with Gasteiger partial charge < -0.3 is 11.1 Å². The standard InChI is InChI=1S/C12H14N2O2/c1-7(15)14-10-6-5-9(13)12-8(10)3-2-4-11(12)16/h5-6H,2-4,13H2,1H3,(H,14,15). The molecule has 3 N–H and O–H groups in total. The van der Waals surface area contributed by atoms with Crippen LogP contribution in [-0.2, 0) is 11.2 Å². The topological polar surface area (TPSA) is 72.2 Å². The second-order valence-corrected chi connectivity index (χ2v) is 4.01. The van der Waals surface area contributed by atoms with Crippen LogP contribution in [0.15, 0.2) is 12.1 Å². The van der Waals surface area contributed by atoms with Crippen LogP contribution in [0.1, 0.15) is 35.7 Å². The number of anilines is 2. The molecule has 0 heterocycles. The van der Waals surface area contributed by atoms with Crippen LogP contribution in [0, 0.1) is 0 Å². The minimum Gasteiger partial charge on any atom is -0.398 e. The van der Waals surface area contributed by atoms with Crippen LogP contribution >= 0.6 is 0 Å². The average Bonchev–Trinajstić information content (AvgIpc) is 2.22. The lowest BCUT2D eigenvalue weighted by Gasteiger charge is -2.20. The summed E-state index contributed by atoms with van der Waals surface area (Å²) in [6, 6.07) is 3.43. The Hall–Kier alpha value is -1.84. The zero-order valence-corrected chi connectivity index (χ0v) is 9.17. The SMILES string of the molecule is CC(=O)Nc1ccc(N)c2c1CCCC2=O. The van der Waals surface area contributed by atoms with Gasteiger partial charge in [0.25, 0.3) is 0 Å². The average molecular weight is 218 g/mol. The van der Waals surface area contributed by atoms with E-state index in [-0.39, 0.29) is 11.7 Å². The molecule has 0 atom stereocenters. The Labute approximate surface area is 93.8 Å². The van der Waals surface area contributed by atoms with E-state index >= 15 is 0 Å². The minimum atomic E-state index is -0.134. The first-order valence-corrected chi connectivity index (χ1v) is 5.31. The molecule has 1 aliphatic rings. The van der Waals surface area contributed by atoms with E-state index in [0.29, 0.717) is 23.4 Å². The van der Waals surface area contributed by atoms with Crippen LogP contribution in [-0.4, -0.2) is 11.7 Å². The van der Waals surface area contributed by atoms with E-state index in [2.05, 4.69) is 5.32 Å². The Morgan fingerprint density at radius 2 is 2.12 bits per heavy atom. The van der Waals surface area contributed by atoms with Gasteiger partial charge >= 0.3 is 0 Å². The molecule has 1 aliphatic carbocycles. The maximum Gasteiger partial charge on any atom is 0.221 e. The Morgan fingerprint density at radius 3 is 2.81 bits per heavy atom. The summed E-state index contributed by atoms with van der Waals surface area (Å²) in [6.45, 7) is 1.45. The fourth-order valence-electron chi connectivity index (χ4n) is 2.11. The zero-order valence-electron chi connectivity index (χ0n) is 9.17. The number of Topliss-reactive ketones (excluding diaryl/α,β-unsaturated/α-hetero) is 1. The molecule has 0 aromatic heterocycles. The lowest BCUT2D eigenvalue weighted by Crippen LogP contribution is -2.17. The van der Waals surface area contributed by atoms with Crippen molar-refractivity contribution < 1.29 is 9.59 Å². The lowest BCUT2D eigenvalue weighted by atomic mass is 9.88. The van der Waals surface area contributed by atoms with Crippen LogP contribution in [0.3, 0.4) is 0 Å². The van der Waals surface area contributed by atoms with Crippen molar-refractivity contribution in [3.8, 4) is 0 Å². The summed E-state index contributed by atoms with van der Waals surface area (Å²) in [5.74, 6) is -0.0593. The van der Waals surface area contributed by atoms with Gasteiger partial charge in [-0.25, -0.2) is 0 Å². The van der Waals surface area contributed by atoms with E-state index in [1.807, 2.05) is 0 Å². The van der Waals surface area contributed by atoms with Crippen molar-refractivity contribution in [3.63, 3.8) is 0 Å². The number of carbonyl (C=O) groups excluding carboxylic acids is 2. The quantitative estimate of drug-likeness (QED) is 0.705. The molecule has 0 unspecified atom stereocenters. The Balaban J connectivity index is 2.53. The number of hydrogen-bond acceptors (Lipinski definition) is 3. The summed E-state index contributed by atoms with van der Waals surface area (Å²) < 4.78 is 0. The Morgan fingerprint density at radius 1 is 1.38 bits per heavy atom. The first-order valence-electron chi connectivity index (χ1n) is 5.31. The van der Waals surface area contributed by atoms with E-state index in [9.17, 15) is 9.59 Å². The van der Waals surface area contributed by atoms with Crippen LogP contribution in [0.25, 0.3) is 0 Å². The molecule has 0 saturated carbocycles. The van der Waals surface area contributed by atoms with Gasteiger partial charge in [-0.1, -0.05) is 0 Å². The highest BCUT2D eigenvalue weighted by Gasteiger charge is 2.22. The van der Waals surface area contributed by atoms with Crippen molar-refractivity contribution in [2.45, 2.75) is 26.2 Å². The van der Waals surface area contributed by atoms with Crippen LogP contribution in [0.2, 0.25) is 0 Å². The maximum atomic E-state index is 11.8. The highest BCUT2D eigenvalue weighted by molar-refractivity contribution is 6.05. The highest BCUT2D eigenvalue weighted by Crippen LogP contribution is 2.32. The summed E-state index contributed by atoms with van der Waals surface area (Å²) in [7, 11) is 0. The van der Waals surface area contributed by atoms with Crippen molar-refractivity contribution in [3.05, 3.63) is 23.3 Å². The molecular formula is C12H14N2O2. The van der Waals surface area contributed by atoms with Crippen LogP contribution in [0.4, 0.5) is 11.4 Å². The molecule has 84 valence electrons. The molecule has 4 heteroatoms. The van der Waals surface area contributed by atoms with Crippen molar-refractivity contribution in [1.82, 2.24) is 0 Å². The predicted octanol–water partition coefficient (Wildman–Crippen LogP) is 1.75. The minimum absolute atomic E-state index is 0.0750. The number of nitrogens with one attached hydrogen (secondary N) is 1. The van der Waals surface area contributed by atoms with E-state index < -0.39 is 0 Å². The fourth-order valence-corrected chi connectivity index (χ4v) is 2.11. The molecule has 16 heavy (non-hydrogen) atoms. The van der Waals surface area contributed by atoms with E-state index in [1.165, 1.54) is 6.92 Å². The number of carbonyl (C=O) groups is 2. The van der Waals surface area contributed by atoms with Crippen LogP contribution in [0.5, 0.6) is 0 Å². The third-order valence-electron chi connectivity index (χ3n) is 2.77. The maximum absolute atomic E-state index is 11.8. The van der Waals surface area contributed by atoms with Gasteiger partial charge in [-0.2, -0.15) is 0 Å². The monoisotopic (exact) mass is 218 g/mol. The number of nitrogens with two attached hydrogens (primary N) is 1. The number of ketones is 1. The molecule has 0 spiro atoms. The number of fused-ring (bicyclic) bond motifs is 1. The summed E-state index contributed by atoms with van der Waals surface area (Å²) >= 11 is 0. The number of amides is 1. The molecule has 1 aromatic carbocycles. The largest absolute Gasteiger partial charge is 0.398 e. The number of hydrogen-bond donors (Lipinski definition) is 2. The third kappa shape index (κ3) is 1.78. The molecule has 1 aromatic rings. The molecule has 4 nitrogen and oxygen atoms in total. The Bertz CT molecular complexity index is 466. The summed E-state index contributed by atoms with van der Waals surface area (Å²) in [5, 5.41) is 2.73. The highest BCUT2D eigenvalue weighted by atomic mass is 16.1. The normalized spacial score (nSPS) is 14.4. The van der Waals surface area contributed by atoms with Gasteiger partial charge in [0.15, 0.2) is 5.78 Å². The van der Waals surface area contributed by atoms with Gasteiger partial charge in [0, 0.05) is 30.3 Å². The Kier molecular flexibility index (Phi) is 2.64. The van der Waals surface area contributed by atoms with Gasteiger partial charge in [0.1, 0.15) is 0 Å². The molecule has 0 aliphatic heterocycles. The van der Waals surface area contributed by atoms with Crippen molar-refractivity contribution in [1.29, 1.82) is 0 Å². The van der Waals surface area contributed by atoms with Gasteiger partial charge in [-0.05, 0) is 30.5 Å². The van der Waals surface area contributed by atoms with Crippen molar-refractivity contribution >= 4 is 23.1 Å². The molecular weight excluding hydrogens is 204 g/mol. The molecule has 0 bridgehead atoms. The molecule has 0 fully saturated rings. The number of benzene rings is 1. The third-order valence-corrected chi connectivity index (χ3v) is 2.77. The summed E-state index contributed by atoms with van der Waals surface area (Å²) in [4.78, 5) is 22.8. The fraction of sp³-hybridized carbons (Fsp3) is 0.333. The summed E-state index contributed by atoms with van der Waals surface area (Å²) in [6.07, 6.45) is 2.16. The summed E-state index contributed by atoms with van der Waals surface area (Å²) in [5.41, 5.74) is 8.49. The first-order chi connectivity index (χ1) is 7.59. The second-order valence-electron chi connectivity index (χ2n) is 4.01. The predicted molar refractivity (Wildman–Crippen MR) is 62.4 cm³/mol. The van der Waals surface area contributed by atoms with E-state index in [1.54, 1.807) is 12.1 Å². The van der Waals surface area contributed by atoms with Gasteiger partial charge in [0.2, 0.25) is 5.91 Å². The van der Waals surface area contributed by atoms with Crippen molar-refractivity contribution in [2.75, 3.05) is 11.1 Å². The molecule has 2 rings (SSSR count). The number of nitrogen functional groups attached to an aromatic ring is 1. The molecule has 0 radical (unpaired) electrons. The molecule has 1 amide bonds. The van der Waals surface area contributed by atoms with Gasteiger partial charge in [-0.3, -0.25) is 9.59 Å². The number of rotatable bonds is 1. The lowest BCUT2D eigenvalue weighted by molar-refractivity contribution is -0.114. The molecule has 0 saturated heterocycles. The van der Waals surface area contributed by atoms with Crippen molar-refractivity contribution in [2.24, 2.45) is 0 Å². The zero-order chi connectivity index (χ0) is 11.7. The second kappa shape index (κ2) is 3.96. The van der Waals surface area contributed by atoms with Gasteiger partial charge in [-0.15, -0.1) is 0 Å². The van der Waals surface area contributed by atoms with Crippen LogP contribution < -0.4 is 11.1 Å². The van der Waals surface area contributed by atoms with Gasteiger partial charge in [0.05, 0.1) is 0 Å². The smallest absolute Gasteiger partial charge is 0.221 e. The van der Waals surface area contributed by atoms with E-state index in [0.717, 1.165) is 18.4 Å². The van der Waals surface area contributed by atoms with E-state index in [4.69, 9.17) is 5.73 Å².